The van der Waals surface area contributed by atoms with Gasteiger partial charge < -0.3 is 10.2 Å². The minimum Gasteiger partial charge on any atom is -0.354 e. The Bertz CT molecular complexity index is 551. The number of nitrogens with one attached hydrogen (secondary N) is 1. The van der Waals surface area contributed by atoms with Crippen LogP contribution in [0.15, 0.2) is 24.3 Å². The van der Waals surface area contributed by atoms with Gasteiger partial charge in [-0.2, -0.15) is 0 Å². The standard InChI is InChI=1S/C21H32N2O/c1-4-15-5-8-17(9-6-15)20(23(2)3)14-22-21(24)13-19-12-16-7-10-18(19)11-16/h5-6,8-9,16,18-20H,4,7,10-14H2,1-3H3,(H,22,24)/t16-,18-,19-,20+/m0/s1. The molecule has 0 unspecified atom stereocenters. The van der Waals surface area contributed by atoms with E-state index < -0.39 is 0 Å². The molecule has 1 amide bonds. The zero-order chi connectivity index (χ0) is 17.1. The Morgan fingerprint density at radius 3 is 2.50 bits per heavy atom. The number of likely N-dealkylation sites (N-methyl/N-ethyl adjacent to an activating group) is 1. The lowest BCUT2D eigenvalue weighted by Crippen LogP contribution is -2.35. The normalized spacial score (nSPS) is 26.8. The maximum Gasteiger partial charge on any atom is 0.220 e. The van der Waals surface area contributed by atoms with E-state index in [0.29, 0.717) is 12.5 Å². The summed E-state index contributed by atoms with van der Waals surface area (Å²) in [4.78, 5) is 14.6. The van der Waals surface area contributed by atoms with E-state index in [0.717, 1.165) is 24.7 Å². The quantitative estimate of drug-likeness (QED) is 0.826. The van der Waals surface area contributed by atoms with Crippen molar-refractivity contribution in [2.24, 2.45) is 17.8 Å². The van der Waals surface area contributed by atoms with Crippen molar-refractivity contribution >= 4 is 5.91 Å². The molecule has 2 aliphatic carbocycles. The Morgan fingerprint density at radius 2 is 1.96 bits per heavy atom. The third kappa shape index (κ3) is 4.00. The summed E-state index contributed by atoms with van der Waals surface area (Å²) in [6.45, 7) is 2.87. The predicted molar refractivity (Wildman–Crippen MR) is 98.8 cm³/mol. The molecule has 0 aromatic heterocycles. The molecule has 1 N–H and O–H groups in total. The van der Waals surface area contributed by atoms with Crippen molar-refractivity contribution in [1.82, 2.24) is 10.2 Å². The van der Waals surface area contributed by atoms with Crippen molar-refractivity contribution in [2.75, 3.05) is 20.6 Å². The van der Waals surface area contributed by atoms with E-state index >= 15 is 0 Å². The van der Waals surface area contributed by atoms with E-state index in [1.54, 1.807) is 0 Å². The lowest BCUT2D eigenvalue weighted by Gasteiger charge is -2.26. The number of nitrogens with zero attached hydrogens (tertiary/aromatic N) is 1. The molecular formula is C21H32N2O. The van der Waals surface area contributed by atoms with Gasteiger partial charge in [0.25, 0.3) is 0 Å². The van der Waals surface area contributed by atoms with Crippen LogP contribution in [0.4, 0.5) is 0 Å². The van der Waals surface area contributed by atoms with Crippen LogP contribution in [0.2, 0.25) is 0 Å². The molecule has 4 atom stereocenters. The van der Waals surface area contributed by atoms with Crippen LogP contribution >= 0.6 is 0 Å². The van der Waals surface area contributed by atoms with Crippen LogP contribution in [0.3, 0.4) is 0 Å². The van der Waals surface area contributed by atoms with Gasteiger partial charge in [0.2, 0.25) is 5.91 Å². The summed E-state index contributed by atoms with van der Waals surface area (Å²) in [5, 5.41) is 3.20. The van der Waals surface area contributed by atoms with Crippen molar-refractivity contribution in [3.05, 3.63) is 35.4 Å². The van der Waals surface area contributed by atoms with Crippen molar-refractivity contribution < 1.29 is 4.79 Å². The zero-order valence-electron chi connectivity index (χ0n) is 15.4. The number of hydrogen-bond acceptors (Lipinski definition) is 2. The molecule has 24 heavy (non-hydrogen) atoms. The maximum atomic E-state index is 12.4. The van der Waals surface area contributed by atoms with E-state index in [4.69, 9.17) is 0 Å². The predicted octanol–water partition coefficient (Wildman–Crippen LogP) is 3.79. The highest BCUT2D eigenvalue weighted by Gasteiger charge is 2.40. The van der Waals surface area contributed by atoms with Crippen LogP contribution in [-0.2, 0) is 11.2 Å². The zero-order valence-corrected chi connectivity index (χ0v) is 15.4. The monoisotopic (exact) mass is 328 g/mol. The molecule has 2 saturated carbocycles. The highest BCUT2D eigenvalue weighted by atomic mass is 16.1. The largest absolute Gasteiger partial charge is 0.354 e. The molecule has 0 heterocycles. The molecule has 3 nitrogen and oxygen atoms in total. The molecule has 2 fully saturated rings. The van der Waals surface area contributed by atoms with Crippen molar-refractivity contribution in [3.63, 3.8) is 0 Å². The van der Waals surface area contributed by atoms with Gasteiger partial charge in [-0.15, -0.1) is 0 Å². The first-order chi connectivity index (χ1) is 11.6. The van der Waals surface area contributed by atoms with Crippen LogP contribution in [0.1, 0.15) is 56.2 Å². The third-order valence-electron chi connectivity index (χ3n) is 6.22. The lowest BCUT2D eigenvalue weighted by molar-refractivity contribution is -0.122. The molecule has 3 heteroatoms. The van der Waals surface area contributed by atoms with Gasteiger partial charge in [0, 0.05) is 13.0 Å². The van der Waals surface area contributed by atoms with Crippen molar-refractivity contribution in [3.8, 4) is 0 Å². The van der Waals surface area contributed by atoms with Gasteiger partial charge in [0.1, 0.15) is 0 Å². The number of carbonyl (C=O) groups is 1. The Labute approximate surface area is 146 Å². The summed E-state index contributed by atoms with van der Waals surface area (Å²) in [7, 11) is 4.17. The number of rotatable bonds is 7. The van der Waals surface area contributed by atoms with Crippen LogP contribution in [0, 0.1) is 17.8 Å². The Morgan fingerprint density at radius 1 is 1.21 bits per heavy atom. The summed E-state index contributed by atoms with van der Waals surface area (Å²) in [5.41, 5.74) is 2.63. The molecule has 1 aromatic carbocycles. The summed E-state index contributed by atoms with van der Waals surface area (Å²) < 4.78 is 0. The lowest BCUT2D eigenvalue weighted by atomic mass is 9.86. The van der Waals surface area contributed by atoms with Gasteiger partial charge >= 0.3 is 0 Å². The molecular weight excluding hydrogens is 296 g/mol. The third-order valence-corrected chi connectivity index (χ3v) is 6.22. The van der Waals surface area contributed by atoms with E-state index in [2.05, 4.69) is 55.5 Å². The molecule has 1 aromatic rings. The van der Waals surface area contributed by atoms with E-state index in [-0.39, 0.29) is 11.9 Å². The van der Waals surface area contributed by atoms with E-state index in [1.165, 1.54) is 36.8 Å². The molecule has 0 saturated heterocycles. The number of aryl methyl sites for hydroxylation is 1. The van der Waals surface area contributed by atoms with Crippen LogP contribution in [0.5, 0.6) is 0 Å². The molecule has 0 spiro atoms. The Hall–Kier alpha value is -1.35. The van der Waals surface area contributed by atoms with Crippen LogP contribution < -0.4 is 5.32 Å². The second-order valence-corrected chi connectivity index (χ2v) is 8.02. The molecule has 2 aliphatic rings. The van der Waals surface area contributed by atoms with E-state index in [1.807, 2.05) is 0 Å². The molecule has 0 aliphatic heterocycles. The first-order valence-corrected chi connectivity index (χ1v) is 9.58. The number of amides is 1. The Kier molecular flexibility index (Phi) is 5.60. The van der Waals surface area contributed by atoms with Crippen LogP contribution in [-0.4, -0.2) is 31.4 Å². The summed E-state index contributed by atoms with van der Waals surface area (Å²) in [6.07, 6.45) is 7.21. The Balaban J connectivity index is 1.52. The SMILES string of the molecule is CCc1ccc([C@@H](CNC(=O)C[C@@H]2C[C@H]3CC[C@H]2C3)N(C)C)cc1. The fraction of sp³-hybridized carbons (Fsp3) is 0.667. The van der Waals surface area contributed by atoms with Gasteiger partial charge in [0.15, 0.2) is 0 Å². The smallest absolute Gasteiger partial charge is 0.220 e. The number of carbonyl (C=O) groups excluding carboxylic acids is 1. The highest BCUT2D eigenvalue weighted by molar-refractivity contribution is 5.76. The number of hydrogen-bond donors (Lipinski definition) is 1. The van der Waals surface area contributed by atoms with Gasteiger partial charge in [-0.1, -0.05) is 37.6 Å². The second-order valence-electron chi connectivity index (χ2n) is 8.02. The van der Waals surface area contributed by atoms with Gasteiger partial charge in [-0.05, 0) is 68.7 Å². The van der Waals surface area contributed by atoms with E-state index in [9.17, 15) is 4.79 Å². The topological polar surface area (TPSA) is 32.3 Å². The van der Waals surface area contributed by atoms with Gasteiger partial charge in [-0.3, -0.25) is 4.79 Å². The molecule has 0 radical (unpaired) electrons. The average molecular weight is 329 g/mol. The van der Waals surface area contributed by atoms with Gasteiger partial charge in [0.05, 0.1) is 6.04 Å². The highest BCUT2D eigenvalue weighted by Crippen LogP contribution is 2.49. The minimum absolute atomic E-state index is 0.236. The van der Waals surface area contributed by atoms with Crippen molar-refractivity contribution in [1.29, 1.82) is 0 Å². The fourth-order valence-electron chi connectivity index (χ4n) is 4.72. The molecule has 132 valence electrons. The second kappa shape index (κ2) is 7.69. The van der Waals surface area contributed by atoms with Crippen molar-refractivity contribution in [2.45, 2.75) is 51.5 Å². The summed E-state index contributed by atoms with van der Waals surface area (Å²) in [5.74, 6) is 2.63. The first kappa shape index (κ1) is 17.5. The first-order valence-electron chi connectivity index (χ1n) is 9.58. The van der Waals surface area contributed by atoms with Crippen LogP contribution in [0.25, 0.3) is 0 Å². The molecule has 2 bridgehead atoms. The minimum atomic E-state index is 0.236. The number of benzene rings is 1. The summed E-state index contributed by atoms with van der Waals surface area (Å²) >= 11 is 0. The average Bonchev–Trinajstić information content (AvgIpc) is 3.18. The molecule has 3 rings (SSSR count). The maximum absolute atomic E-state index is 12.4. The summed E-state index contributed by atoms with van der Waals surface area (Å²) in [6, 6.07) is 9.03. The van der Waals surface area contributed by atoms with Gasteiger partial charge in [-0.25, -0.2) is 0 Å². The number of fused-ring (bicyclic) bond motifs is 2. The fourth-order valence-corrected chi connectivity index (χ4v) is 4.72.